The zero-order valence-corrected chi connectivity index (χ0v) is 18.8. The first kappa shape index (κ1) is 21.3. The standard InChI is InChI=1S/C25H27N5O3/c1-16(2)15-20(30-23(31)18-7-3-4-8-19(18)24(30)32)25(33)28-13-10-17(11-14-28)22-27-26-21-9-5-6-12-29(21)22/h3-9,12,16-17,20H,10-11,13-15H2,1-2H3. The van der Waals surface area contributed by atoms with Crippen molar-refractivity contribution >= 4 is 23.4 Å². The number of aromatic nitrogens is 3. The first-order valence-electron chi connectivity index (χ1n) is 11.5. The van der Waals surface area contributed by atoms with Gasteiger partial charge in [0.05, 0.1) is 11.1 Å². The Morgan fingerprint density at radius 3 is 2.24 bits per heavy atom. The van der Waals surface area contributed by atoms with Gasteiger partial charge in [-0.1, -0.05) is 32.0 Å². The lowest BCUT2D eigenvalue weighted by molar-refractivity contribution is -0.137. The molecule has 2 aliphatic rings. The summed E-state index contributed by atoms with van der Waals surface area (Å²) in [7, 11) is 0. The Morgan fingerprint density at radius 2 is 1.61 bits per heavy atom. The number of hydrogen-bond acceptors (Lipinski definition) is 5. The van der Waals surface area contributed by atoms with Gasteiger partial charge in [0.15, 0.2) is 5.65 Å². The maximum atomic E-state index is 13.6. The molecule has 0 spiro atoms. The largest absolute Gasteiger partial charge is 0.341 e. The lowest BCUT2D eigenvalue weighted by Crippen LogP contribution is -2.53. The molecule has 1 unspecified atom stereocenters. The molecule has 1 atom stereocenters. The molecule has 0 bridgehead atoms. The molecule has 3 amide bonds. The average Bonchev–Trinajstić information content (AvgIpc) is 3.37. The summed E-state index contributed by atoms with van der Waals surface area (Å²) in [5, 5.41) is 8.63. The number of amides is 3. The first-order chi connectivity index (χ1) is 16.0. The van der Waals surface area contributed by atoms with E-state index in [1.807, 2.05) is 42.6 Å². The maximum absolute atomic E-state index is 13.6. The number of carbonyl (C=O) groups is 3. The molecular formula is C25H27N5O3. The molecule has 0 saturated carbocycles. The molecule has 1 saturated heterocycles. The molecule has 0 N–H and O–H groups in total. The van der Waals surface area contributed by atoms with Crippen LogP contribution in [0.1, 0.15) is 65.6 Å². The van der Waals surface area contributed by atoms with Crippen molar-refractivity contribution in [1.29, 1.82) is 0 Å². The Hall–Kier alpha value is -3.55. The number of fused-ring (bicyclic) bond motifs is 2. The molecule has 33 heavy (non-hydrogen) atoms. The Morgan fingerprint density at radius 1 is 0.970 bits per heavy atom. The number of benzene rings is 1. The monoisotopic (exact) mass is 445 g/mol. The molecule has 4 heterocycles. The van der Waals surface area contributed by atoms with Crippen LogP contribution in [0.15, 0.2) is 48.7 Å². The summed E-state index contributed by atoms with van der Waals surface area (Å²) in [5.74, 6) is 0.371. The van der Waals surface area contributed by atoms with Gasteiger partial charge in [0, 0.05) is 25.2 Å². The maximum Gasteiger partial charge on any atom is 0.262 e. The van der Waals surface area contributed by atoms with Gasteiger partial charge in [-0.05, 0) is 49.4 Å². The van der Waals surface area contributed by atoms with Crippen molar-refractivity contribution in [3.63, 3.8) is 0 Å². The number of hydrogen-bond donors (Lipinski definition) is 0. The minimum atomic E-state index is -0.789. The highest BCUT2D eigenvalue weighted by molar-refractivity contribution is 6.22. The summed E-state index contributed by atoms with van der Waals surface area (Å²) in [5.41, 5.74) is 1.57. The summed E-state index contributed by atoms with van der Waals surface area (Å²) >= 11 is 0. The average molecular weight is 446 g/mol. The van der Waals surface area contributed by atoms with E-state index in [4.69, 9.17) is 0 Å². The lowest BCUT2D eigenvalue weighted by atomic mass is 9.94. The Labute approximate surface area is 192 Å². The molecule has 0 radical (unpaired) electrons. The zero-order valence-electron chi connectivity index (χ0n) is 18.8. The number of likely N-dealkylation sites (tertiary alicyclic amines) is 1. The van der Waals surface area contributed by atoms with Crippen LogP contribution >= 0.6 is 0 Å². The second kappa shape index (κ2) is 8.42. The zero-order chi connectivity index (χ0) is 23.1. The first-order valence-corrected chi connectivity index (χ1v) is 11.5. The third kappa shape index (κ3) is 3.69. The van der Waals surface area contributed by atoms with Crippen molar-refractivity contribution in [2.24, 2.45) is 5.92 Å². The van der Waals surface area contributed by atoms with E-state index in [0.29, 0.717) is 30.6 Å². The fourth-order valence-corrected chi connectivity index (χ4v) is 4.96. The fraction of sp³-hybridized carbons (Fsp3) is 0.400. The Bertz CT molecular complexity index is 1190. The third-order valence-electron chi connectivity index (χ3n) is 6.63. The van der Waals surface area contributed by atoms with Crippen LogP contribution in [0.25, 0.3) is 5.65 Å². The molecule has 3 aromatic rings. The van der Waals surface area contributed by atoms with Crippen LogP contribution in [-0.4, -0.2) is 61.3 Å². The minimum Gasteiger partial charge on any atom is -0.341 e. The van der Waals surface area contributed by atoms with Crippen molar-refractivity contribution in [2.45, 2.75) is 45.1 Å². The lowest BCUT2D eigenvalue weighted by Gasteiger charge is -2.36. The second-order valence-electron chi connectivity index (χ2n) is 9.26. The molecule has 0 aliphatic carbocycles. The smallest absolute Gasteiger partial charge is 0.262 e. The highest BCUT2D eigenvalue weighted by Gasteiger charge is 2.44. The van der Waals surface area contributed by atoms with Crippen LogP contribution in [-0.2, 0) is 4.79 Å². The summed E-state index contributed by atoms with van der Waals surface area (Å²) in [4.78, 5) is 42.7. The summed E-state index contributed by atoms with van der Waals surface area (Å²) in [6.45, 7) is 5.12. The van der Waals surface area contributed by atoms with E-state index in [1.165, 1.54) is 4.90 Å². The predicted octanol–water partition coefficient (Wildman–Crippen LogP) is 3.15. The van der Waals surface area contributed by atoms with Gasteiger partial charge < -0.3 is 4.90 Å². The van der Waals surface area contributed by atoms with Gasteiger partial charge in [-0.3, -0.25) is 23.7 Å². The molecule has 2 aliphatic heterocycles. The fourth-order valence-electron chi connectivity index (χ4n) is 4.96. The van der Waals surface area contributed by atoms with Crippen LogP contribution in [0.2, 0.25) is 0 Å². The SMILES string of the molecule is CC(C)CC(C(=O)N1CCC(c2nnc3ccccn23)CC1)N1C(=O)c2ccccc2C1=O. The van der Waals surface area contributed by atoms with Crippen molar-refractivity contribution in [3.8, 4) is 0 Å². The highest BCUT2D eigenvalue weighted by atomic mass is 16.2. The summed E-state index contributed by atoms with van der Waals surface area (Å²) < 4.78 is 2.00. The van der Waals surface area contributed by atoms with Crippen LogP contribution in [0.4, 0.5) is 0 Å². The highest BCUT2D eigenvalue weighted by Crippen LogP contribution is 2.31. The van der Waals surface area contributed by atoms with Crippen LogP contribution < -0.4 is 0 Å². The molecule has 170 valence electrons. The summed E-state index contributed by atoms with van der Waals surface area (Å²) in [6.07, 6.45) is 3.93. The molecule has 5 rings (SSSR count). The van der Waals surface area contributed by atoms with Gasteiger partial charge in [0.2, 0.25) is 5.91 Å². The van der Waals surface area contributed by atoms with Crippen LogP contribution in [0.5, 0.6) is 0 Å². The molecular weight excluding hydrogens is 418 g/mol. The minimum absolute atomic E-state index is 0.150. The van der Waals surface area contributed by atoms with Crippen molar-refractivity contribution in [1.82, 2.24) is 24.4 Å². The number of nitrogens with zero attached hydrogens (tertiary/aromatic N) is 5. The Balaban J connectivity index is 1.34. The quantitative estimate of drug-likeness (QED) is 0.563. The van der Waals surface area contributed by atoms with Crippen molar-refractivity contribution in [2.75, 3.05) is 13.1 Å². The number of rotatable bonds is 5. The normalized spacial score (nSPS) is 17.8. The number of piperidine rings is 1. The van der Waals surface area contributed by atoms with E-state index in [2.05, 4.69) is 10.2 Å². The molecule has 2 aromatic heterocycles. The van der Waals surface area contributed by atoms with E-state index >= 15 is 0 Å². The molecule has 1 fully saturated rings. The number of pyridine rings is 1. The number of imide groups is 1. The van der Waals surface area contributed by atoms with E-state index in [-0.39, 0.29) is 29.6 Å². The predicted molar refractivity (Wildman–Crippen MR) is 122 cm³/mol. The van der Waals surface area contributed by atoms with Crippen molar-refractivity contribution in [3.05, 3.63) is 65.6 Å². The van der Waals surface area contributed by atoms with E-state index in [1.54, 1.807) is 29.2 Å². The van der Waals surface area contributed by atoms with Gasteiger partial charge in [-0.25, -0.2) is 0 Å². The van der Waals surface area contributed by atoms with Gasteiger partial charge in [0.1, 0.15) is 11.9 Å². The van der Waals surface area contributed by atoms with Gasteiger partial charge in [-0.2, -0.15) is 0 Å². The van der Waals surface area contributed by atoms with Gasteiger partial charge >= 0.3 is 0 Å². The number of carbonyl (C=O) groups excluding carboxylic acids is 3. The van der Waals surface area contributed by atoms with E-state index in [0.717, 1.165) is 24.3 Å². The molecule has 8 heteroatoms. The van der Waals surface area contributed by atoms with Crippen molar-refractivity contribution < 1.29 is 14.4 Å². The van der Waals surface area contributed by atoms with Gasteiger partial charge in [-0.15, -0.1) is 10.2 Å². The molecule has 1 aromatic carbocycles. The molecule has 8 nitrogen and oxygen atoms in total. The van der Waals surface area contributed by atoms with E-state index < -0.39 is 6.04 Å². The second-order valence-corrected chi connectivity index (χ2v) is 9.26. The third-order valence-corrected chi connectivity index (χ3v) is 6.63. The van der Waals surface area contributed by atoms with Crippen LogP contribution in [0, 0.1) is 5.92 Å². The summed E-state index contributed by atoms with van der Waals surface area (Å²) in [6, 6.07) is 11.8. The topological polar surface area (TPSA) is 87.9 Å². The van der Waals surface area contributed by atoms with Gasteiger partial charge in [0.25, 0.3) is 11.8 Å². The van der Waals surface area contributed by atoms with E-state index in [9.17, 15) is 14.4 Å². The van der Waals surface area contributed by atoms with Crippen LogP contribution in [0.3, 0.4) is 0 Å². The Kier molecular flexibility index (Phi) is 5.44.